The molecule has 0 heterocycles. The fourth-order valence-electron chi connectivity index (χ4n) is 2.30. The van der Waals surface area contributed by atoms with Gasteiger partial charge < -0.3 is 0 Å². The molecular formula is C12H22N2O2S. The lowest BCUT2D eigenvalue weighted by atomic mass is 9.91. The summed E-state index contributed by atoms with van der Waals surface area (Å²) in [6.45, 7) is 1.78. The summed E-state index contributed by atoms with van der Waals surface area (Å²) in [7, 11) is -1.62. The number of rotatable bonds is 5. The lowest BCUT2D eigenvalue weighted by Gasteiger charge is -2.27. The summed E-state index contributed by atoms with van der Waals surface area (Å²) in [5.74, 6) is 0.560. The van der Waals surface area contributed by atoms with E-state index in [0.29, 0.717) is 5.92 Å². The maximum atomic E-state index is 12.1. The molecule has 1 rings (SSSR count). The Labute approximate surface area is 105 Å². The topological polar surface area (TPSA) is 61.2 Å². The average Bonchev–Trinajstić information content (AvgIpc) is 2.29. The Hall–Kier alpha value is -0.600. The van der Waals surface area contributed by atoms with Crippen molar-refractivity contribution in [3.63, 3.8) is 0 Å². The van der Waals surface area contributed by atoms with Crippen molar-refractivity contribution in [3.05, 3.63) is 0 Å². The molecule has 0 aromatic heterocycles. The normalized spacial score (nSPS) is 20.1. The van der Waals surface area contributed by atoms with E-state index in [1.165, 1.54) is 10.7 Å². The molecule has 0 N–H and O–H groups in total. The van der Waals surface area contributed by atoms with Gasteiger partial charge in [0, 0.05) is 13.1 Å². The van der Waals surface area contributed by atoms with E-state index in [1.54, 1.807) is 14.0 Å². The Morgan fingerprint density at radius 2 is 1.94 bits per heavy atom. The van der Waals surface area contributed by atoms with Gasteiger partial charge in [-0.15, -0.1) is 0 Å². The van der Waals surface area contributed by atoms with E-state index in [2.05, 4.69) is 0 Å². The van der Waals surface area contributed by atoms with E-state index in [4.69, 9.17) is 5.26 Å². The van der Waals surface area contributed by atoms with Gasteiger partial charge in [0.15, 0.2) is 0 Å². The van der Waals surface area contributed by atoms with E-state index in [1.807, 2.05) is 6.07 Å². The molecule has 0 radical (unpaired) electrons. The predicted molar refractivity (Wildman–Crippen MR) is 67.8 cm³/mol. The first-order valence-electron chi connectivity index (χ1n) is 6.30. The third-order valence-corrected chi connectivity index (χ3v) is 5.75. The van der Waals surface area contributed by atoms with Crippen LogP contribution < -0.4 is 0 Å². The molecule has 1 aliphatic rings. The number of nitriles is 1. The van der Waals surface area contributed by atoms with E-state index < -0.39 is 10.0 Å². The number of sulfonamides is 1. The first-order chi connectivity index (χ1) is 7.97. The zero-order valence-electron chi connectivity index (χ0n) is 10.7. The van der Waals surface area contributed by atoms with Gasteiger partial charge in [0.1, 0.15) is 0 Å². The summed E-state index contributed by atoms with van der Waals surface area (Å²) >= 11 is 0. The van der Waals surface area contributed by atoms with Crippen LogP contribution in [0.5, 0.6) is 0 Å². The van der Waals surface area contributed by atoms with Gasteiger partial charge >= 0.3 is 0 Å². The molecule has 1 aliphatic carbocycles. The molecule has 0 spiro atoms. The molecule has 1 saturated carbocycles. The number of hydrogen-bond donors (Lipinski definition) is 0. The minimum absolute atomic E-state index is 0.228. The molecule has 0 saturated heterocycles. The molecule has 1 unspecified atom stereocenters. The summed E-state index contributed by atoms with van der Waals surface area (Å²) in [6, 6.07) is 1.79. The molecule has 0 aromatic carbocycles. The first-order valence-corrected chi connectivity index (χ1v) is 7.91. The van der Waals surface area contributed by atoms with Crippen LogP contribution >= 0.6 is 0 Å². The Morgan fingerprint density at radius 3 is 2.47 bits per heavy atom. The molecular weight excluding hydrogens is 236 g/mol. The van der Waals surface area contributed by atoms with Crippen LogP contribution in [0.25, 0.3) is 0 Å². The van der Waals surface area contributed by atoms with E-state index in [-0.39, 0.29) is 18.2 Å². The zero-order valence-corrected chi connectivity index (χ0v) is 11.5. The van der Waals surface area contributed by atoms with E-state index >= 15 is 0 Å². The van der Waals surface area contributed by atoms with Crippen LogP contribution in [0.3, 0.4) is 0 Å². The quantitative estimate of drug-likeness (QED) is 0.759. The molecule has 0 aliphatic heterocycles. The summed E-state index contributed by atoms with van der Waals surface area (Å²) < 4.78 is 25.6. The second-order valence-corrected chi connectivity index (χ2v) is 7.08. The Morgan fingerprint density at radius 1 is 1.35 bits per heavy atom. The smallest absolute Gasteiger partial charge is 0.212 e. The van der Waals surface area contributed by atoms with Gasteiger partial charge in [-0.25, -0.2) is 12.7 Å². The highest BCUT2D eigenvalue weighted by Crippen LogP contribution is 2.26. The zero-order chi connectivity index (χ0) is 12.9. The lowest BCUT2D eigenvalue weighted by molar-refractivity contribution is 0.359. The van der Waals surface area contributed by atoms with Crippen molar-refractivity contribution in [2.75, 3.05) is 12.8 Å². The Bertz CT molecular complexity index is 366. The van der Waals surface area contributed by atoms with Crippen LogP contribution in [0.2, 0.25) is 0 Å². The largest absolute Gasteiger partial charge is 0.214 e. The molecule has 98 valence electrons. The molecule has 1 fully saturated rings. The van der Waals surface area contributed by atoms with Gasteiger partial charge in [0.05, 0.1) is 18.2 Å². The third kappa shape index (κ3) is 4.29. The maximum Gasteiger partial charge on any atom is 0.214 e. The summed E-state index contributed by atoms with van der Waals surface area (Å²) in [4.78, 5) is 0. The van der Waals surface area contributed by atoms with E-state index in [9.17, 15) is 8.42 Å². The van der Waals surface area contributed by atoms with Gasteiger partial charge in [-0.2, -0.15) is 5.26 Å². The summed E-state index contributed by atoms with van der Waals surface area (Å²) in [5.41, 5.74) is 0. The number of nitrogens with zero attached hydrogens (tertiary/aromatic N) is 2. The SMILES string of the molecule is CC(CC#N)N(C)S(=O)(=O)CC1CCCCC1. The molecule has 1 atom stereocenters. The predicted octanol–water partition coefficient (Wildman–Crippen LogP) is 2.13. The molecule has 0 amide bonds. The second kappa shape index (κ2) is 6.36. The van der Waals surface area contributed by atoms with Crippen LogP contribution in [0.4, 0.5) is 0 Å². The minimum Gasteiger partial charge on any atom is -0.212 e. The average molecular weight is 258 g/mol. The first kappa shape index (κ1) is 14.5. The monoisotopic (exact) mass is 258 g/mol. The van der Waals surface area contributed by atoms with Crippen molar-refractivity contribution in [2.24, 2.45) is 5.92 Å². The van der Waals surface area contributed by atoms with Crippen LogP contribution in [-0.4, -0.2) is 31.6 Å². The van der Waals surface area contributed by atoms with Crippen molar-refractivity contribution < 1.29 is 8.42 Å². The summed E-state index contributed by atoms with van der Waals surface area (Å²) in [5, 5.41) is 8.60. The maximum absolute atomic E-state index is 12.1. The number of hydrogen-bond acceptors (Lipinski definition) is 3. The van der Waals surface area contributed by atoms with Crippen molar-refractivity contribution in [3.8, 4) is 6.07 Å². The standard InChI is InChI=1S/C12H22N2O2S/c1-11(8-9-13)14(2)17(15,16)10-12-6-4-3-5-7-12/h11-12H,3-8,10H2,1-2H3. The highest BCUT2D eigenvalue weighted by molar-refractivity contribution is 7.89. The van der Waals surface area contributed by atoms with E-state index in [0.717, 1.165) is 25.7 Å². The van der Waals surface area contributed by atoms with Crippen molar-refractivity contribution in [1.29, 1.82) is 5.26 Å². The van der Waals surface area contributed by atoms with Gasteiger partial charge in [-0.1, -0.05) is 19.3 Å². The molecule has 0 bridgehead atoms. The molecule has 4 nitrogen and oxygen atoms in total. The fourth-order valence-corrected chi connectivity index (χ4v) is 4.09. The Kier molecular flexibility index (Phi) is 5.41. The van der Waals surface area contributed by atoms with Crippen molar-refractivity contribution in [1.82, 2.24) is 4.31 Å². The second-order valence-electron chi connectivity index (χ2n) is 5.01. The van der Waals surface area contributed by atoms with Gasteiger partial charge in [0.25, 0.3) is 0 Å². The summed E-state index contributed by atoms with van der Waals surface area (Å²) in [6.07, 6.45) is 5.84. The van der Waals surface area contributed by atoms with Crippen LogP contribution in [0, 0.1) is 17.2 Å². The molecule has 0 aromatic rings. The highest BCUT2D eigenvalue weighted by atomic mass is 32.2. The minimum atomic E-state index is -3.20. The van der Waals surface area contributed by atoms with Crippen LogP contribution in [0.15, 0.2) is 0 Å². The molecule has 5 heteroatoms. The van der Waals surface area contributed by atoms with Crippen LogP contribution in [-0.2, 0) is 10.0 Å². The van der Waals surface area contributed by atoms with Crippen molar-refractivity contribution >= 4 is 10.0 Å². The van der Waals surface area contributed by atoms with Gasteiger partial charge in [-0.05, 0) is 25.7 Å². The van der Waals surface area contributed by atoms with Crippen molar-refractivity contribution in [2.45, 2.75) is 51.5 Å². The third-order valence-electron chi connectivity index (χ3n) is 3.62. The highest BCUT2D eigenvalue weighted by Gasteiger charge is 2.27. The van der Waals surface area contributed by atoms with Gasteiger partial charge in [0.2, 0.25) is 10.0 Å². The van der Waals surface area contributed by atoms with Gasteiger partial charge in [-0.3, -0.25) is 0 Å². The van der Waals surface area contributed by atoms with Crippen LogP contribution in [0.1, 0.15) is 45.4 Å². The molecule has 17 heavy (non-hydrogen) atoms. The fraction of sp³-hybridized carbons (Fsp3) is 0.917. The lowest BCUT2D eigenvalue weighted by Crippen LogP contribution is -2.38. The Balaban J connectivity index is 2.57.